The van der Waals surface area contributed by atoms with E-state index in [4.69, 9.17) is 11.6 Å². The molecule has 1 heterocycles. The standard InChI is InChI=1S/C7H7ClF3N3/c1-14(4-7(9,10)11)5-2-6(8)13-12-3-5/h2-3H,4H2,1H3. The second kappa shape index (κ2) is 4.00. The van der Waals surface area contributed by atoms with Gasteiger partial charge in [-0.15, -0.1) is 5.10 Å². The molecule has 0 aliphatic heterocycles. The van der Waals surface area contributed by atoms with E-state index in [0.29, 0.717) is 0 Å². The van der Waals surface area contributed by atoms with Crippen molar-refractivity contribution in [1.29, 1.82) is 0 Å². The van der Waals surface area contributed by atoms with Gasteiger partial charge in [0.2, 0.25) is 0 Å². The largest absolute Gasteiger partial charge is 0.405 e. The van der Waals surface area contributed by atoms with Crippen molar-refractivity contribution in [2.24, 2.45) is 0 Å². The fourth-order valence-electron chi connectivity index (χ4n) is 0.900. The maximum Gasteiger partial charge on any atom is 0.405 e. The van der Waals surface area contributed by atoms with Crippen LogP contribution in [0.1, 0.15) is 0 Å². The number of nitrogens with zero attached hydrogens (tertiary/aromatic N) is 3. The van der Waals surface area contributed by atoms with Crippen molar-refractivity contribution in [2.45, 2.75) is 6.18 Å². The van der Waals surface area contributed by atoms with Crippen molar-refractivity contribution in [2.75, 3.05) is 18.5 Å². The van der Waals surface area contributed by atoms with Crippen molar-refractivity contribution in [3.05, 3.63) is 17.4 Å². The molecule has 3 nitrogen and oxygen atoms in total. The van der Waals surface area contributed by atoms with Gasteiger partial charge in [-0.3, -0.25) is 0 Å². The van der Waals surface area contributed by atoms with Gasteiger partial charge >= 0.3 is 6.18 Å². The summed E-state index contributed by atoms with van der Waals surface area (Å²) in [5, 5.41) is 6.94. The second-order valence-electron chi connectivity index (χ2n) is 2.71. The van der Waals surface area contributed by atoms with Gasteiger partial charge in [0.15, 0.2) is 5.15 Å². The highest BCUT2D eigenvalue weighted by Crippen LogP contribution is 2.21. The summed E-state index contributed by atoms with van der Waals surface area (Å²) < 4.78 is 35.9. The van der Waals surface area contributed by atoms with Crippen LogP contribution in [0.15, 0.2) is 12.3 Å². The fraction of sp³-hybridized carbons (Fsp3) is 0.429. The summed E-state index contributed by atoms with van der Waals surface area (Å²) in [5.41, 5.74) is 0.280. The lowest BCUT2D eigenvalue weighted by Gasteiger charge is -2.20. The molecule has 1 aromatic rings. The summed E-state index contributed by atoms with van der Waals surface area (Å²) >= 11 is 5.48. The first kappa shape index (κ1) is 11.0. The number of hydrogen-bond donors (Lipinski definition) is 0. The minimum atomic E-state index is -4.25. The maximum atomic E-state index is 12.0. The van der Waals surface area contributed by atoms with E-state index in [1.807, 2.05) is 0 Å². The molecule has 1 aromatic heterocycles. The van der Waals surface area contributed by atoms with Crippen molar-refractivity contribution in [3.63, 3.8) is 0 Å². The molecule has 0 saturated carbocycles. The fourth-order valence-corrected chi connectivity index (χ4v) is 1.06. The Hall–Kier alpha value is -1.04. The van der Waals surface area contributed by atoms with Crippen LogP contribution in [0.5, 0.6) is 0 Å². The Kier molecular flexibility index (Phi) is 3.15. The molecular formula is C7H7ClF3N3. The summed E-state index contributed by atoms with van der Waals surface area (Å²) in [6.07, 6.45) is -3.03. The molecule has 0 N–H and O–H groups in total. The predicted molar refractivity (Wildman–Crippen MR) is 46.4 cm³/mol. The molecule has 7 heteroatoms. The van der Waals surface area contributed by atoms with Crippen LogP contribution in [-0.2, 0) is 0 Å². The lowest BCUT2D eigenvalue weighted by Crippen LogP contribution is -2.30. The molecule has 0 saturated heterocycles. The zero-order valence-electron chi connectivity index (χ0n) is 7.22. The number of anilines is 1. The first-order valence-corrected chi connectivity index (χ1v) is 4.02. The summed E-state index contributed by atoms with van der Waals surface area (Å²) in [6, 6.07) is 1.32. The third kappa shape index (κ3) is 3.37. The SMILES string of the molecule is CN(CC(F)(F)F)c1cnnc(Cl)c1. The van der Waals surface area contributed by atoms with E-state index in [2.05, 4.69) is 10.2 Å². The highest BCUT2D eigenvalue weighted by atomic mass is 35.5. The van der Waals surface area contributed by atoms with Crippen molar-refractivity contribution >= 4 is 17.3 Å². The lowest BCUT2D eigenvalue weighted by atomic mass is 10.4. The predicted octanol–water partition coefficient (Wildman–Crippen LogP) is 2.13. The Balaban J connectivity index is 2.74. The van der Waals surface area contributed by atoms with E-state index in [0.717, 1.165) is 4.90 Å². The Morgan fingerprint density at radius 3 is 2.64 bits per heavy atom. The van der Waals surface area contributed by atoms with Crippen LogP contribution in [0.25, 0.3) is 0 Å². The minimum absolute atomic E-state index is 0.0662. The van der Waals surface area contributed by atoms with Crippen molar-refractivity contribution in [3.8, 4) is 0 Å². The molecule has 0 aliphatic rings. The maximum absolute atomic E-state index is 12.0. The van der Waals surface area contributed by atoms with Gasteiger partial charge in [0, 0.05) is 13.1 Å². The van der Waals surface area contributed by atoms with Gasteiger partial charge < -0.3 is 4.90 Å². The Morgan fingerprint density at radius 2 is 2.14 bits per heavy atom. The smallest absolute Gasteiger partial charge is 0.364 e. The summed E-state index contributed by atoms with van der Waals surface area (Å²) in [6.45, 7) is -1.05. The quantitative estimate of drug-likeness (QED) is 0.772. The van der Waals surface area contributed by atoms with Crippen LogP contribution in [-0.4, -0.2) is 30.0 Å². The van der Waals surface area contributed by atoms with Gasteiger partial charge in [-0.1, -0.05) is 11.6 Å². The average Bonchev–Trinajstić information content (AvgIpc) is 2.01. The second-order valence-corrected chi connectivity index (χ2v) is 3.09. The van der Waals surface area contributed by atoms with Gasteiger partial charge in [0.25, 0.3) is 0 Å². The zero-order chi connectivity index (χ0) is 10.8. The van der Waals surface area contributed by atoms with Crippen LogP contribution in [0.3, 0.4) is 0 Å². The third-order valence-corrected chi connectivity index (χ3v) is 1.65. The molecule has 0 bridgehead atoms. The van der Waals surface area contributed by atoms with Gasteiger partial charge in [0.05, 0.1) is 11.9 Å². The molecule has 0 unspecified atom stereocenters. The molecule has 0 radical (unpaired) electrons. The minimum Gasteiger partial charge on any atom is -0.364 e. The van der Waals surface area contributed by atoms with Crippen molar-refractivity contribution < 1.29 is 13.2 Å². The first-order valence-electron chi connectivity index (χ1n) is 3.64. The van der Waals surface area contributed by atoms with E-state index >= 15 is 0 Å². The molecule has 1 rings (SSSR count). The first-order chi connectivity index (χ1) is 6.38. The third-order valence-electron chi connectivity index (χ3n) is 1.47. The van der Waals surface area contributed by atoms with Crippen molar-refractivity contribution in [1.82, 2.24) is 10.2 Å². The molecule has 0 aromatic carbocycles. The van der Waals surface area contributed by atoms with E-state index < -0.39 is 12.7 Å². The highest BCUT2D eigenvalue weighted by molar-refractivity contribution is 6.29. The van der Waals surface area contributed by atoms with Crippen LogP contribution in [0.2, 0.25) is 5.15 Å². The number of hydrogen-bond acceptors (Lipinski definition) is 3. The van der Waals surface area contributed by atoms with Crippen LogP contribution in [0, 0.1) is 0 Å². The normalized spacial score (nSPS) is 11.5. The molecule has 0 atom stereocenters. The molecule has 0 spiro atoms. The Bertz CT molecular complexity index is 315. The number of halogens is 4. The van der Waals surface area contributed by atoms with E-state index in [1.165, 1.54) is 19.3 Å². The lowest BCUT2D eigenvalue weighted by molar-refractivity contribution is -0.119. The van der Waals surface area contributed by atoms with Crippen LogP contribution < -0.4 is 4.90 Å². The van der Waals surface area contributed by atoms with E-state index in [1.54, 1.807) is 0 Å². The summed E-state index contributed by atoms with van der Waals surface area (Å²) in [4.78, 5) is 1.00. The molecule has 0 aliphatic carbocycles. The average molecular weight is 226 g/mol. The van der Waals surface area contributed by atoms with E-state index in [-0.39, 0.29) is 10.8 Å². The van der Waals surface area contributed by atoms with Gasteiger partial charge in [0.1, 0.15) is 6.54 Å². The zero-order valence-corrected chi connectivity index (χ0v) is 7.97. The van der Waals surface area contributed by atoms with Crippen LogP contribution in [0.4, 0.5) is 18.9 Å². The van der Waals surface area contributed by atoms with Gasteiger partial charge in [-0.05, 0) is 0 Å². The van der Waals surface area contributed by atoms with Crippen LogP contribution >= 0.6 is 11.6 Å². The summed E-state index contributed by atoms with van der Waals surface area (Å²) in [5.74, 6) is 0. The van der Waals surface area contributed by atoms with Gasteiger partial charge in [-0.25, -0.2) is 0 Å². The molecule has 0 amide bonds. The monoisotopic (exact) mass is 225 g/mol. The summed E-state index contributed by atoms with van der Waals surface area (Å²) in [7, 11) is 1.31. The molecule has 14 heavy (non-hydrogen) atoms. The molecule has 78 valence electrons. The highest BCUT2D eigenvalue weighted by Gasteiger charge is 2.29. The topological polar surface area (TPSA) is 29.0 Å². The Labute approximate surface area is 83.5 Å². The van der Waals surface area contributed by atoms with E-state index in [9.17, 15) is 13.2 Å². The number of rotatable bonds is 2. The number of aromatic nitrogens is 2. The Morgan fingerprint density at radius 1 is 1.50 bits per heavy atom. The molecular weight excluding hydrogens is 219 g/mol. The molecule has 0 fully saturated rings. The number of alkyl halides is 3. The van der Waals surface area contributed by atoms with Gasteiger partial charge in [-0.2, -0.15) is 18.3 Å².